The topological polar surface area (TPSA) is 32.3 Å². The molecule has 0 atom stereocenters. The molecule has 104 valence electrons. The maximum absolute atomic E-state index is 12.2. The van der Waals surface area contributed by atoms with E-state index in [1.165, 1.54) is 6.07 Å². The molecule has 1 aliphatic heterocycles. The monoisotopic (exact) mass is 272 g/mol. The molecule has 1 aliphatic rings. The molecular weight excluding hydrogens is 257 g/mol. The average molecular weight is 272 g/mol. The quantitative estimate of drug-likeness (QED) is 0.897. The predicted octanol–water partition coefficient (Wildman–Crippen LogP) is 3.10. The minimum Gasteiger partial charge on any atom is -0.372 e. The number of rotatable bonds is 2. The first kappa shape index (κ1) is 13.7. The van der Waals surface area contributed by atoms with Crippen LogP contribution in [0.15, 0.2) is 18.2 Å². The van der Waals surface area contributed by atoms with Gasteiger partial charge in [0, 0.05) is 24.5 Å². The number of nitrogens with zero attached hydrogens (tertiary/aromatic N) is 1. The summed E-state index contributed by atoms with van der Waals surface area (Å²) in [6.07, 6.45) is -2.60. The number of amides is 1. The van der Waals surface area contributed by atoms with Gasteiger partial charge < -0.3 is 10.2 Å². The third-order valence-corrected chi connectivity index (χ3v) is 3.19. The summed E-state index contributed by atoms with van der Waals surface area (Å²) in [4.78, 5) is 13.1. The Morgan fingerprint density at radius 2 is 1.89 bits per heavy atom. The second-order valence-electron chi connectivity index (χ2n) is 4.65. The fraction of sp³-hybridized carbons (Fsp3) is 0.462. The second kappa shape index (κ2) is 5.11. The van der Waals surface area contributed by atoms with Crippen LogP contribution in [0.1, 0.15) is 18.4 Å². The lowest BCUT2D eigenvalue weighted by Crippen LogP contribution is -2.30. The molecule has 1 aromatic rings. The molecule has 0 aromatic heterocycles. The van der Waals surface area contributed by atoms with Crippen molar-refractivity contribution in [3.63, 3.8) is 0 Å². The van der Waals surface area contributed by atoms with Crippen molar-refractivity contribution in [1.29, 1.82) is 0 Å². The van der Waals surface area contributed by atoms with Crippen molar-refractivity contribution in [2.45, 2.75) is 25.9 Å². The molecule has 1 heterocycles. The van der Waals surface area contributed by atoms with Crippen LogP contribution >= 0.6 is 0 Å². The fourth-order valence-corrected chi connectivity index (χ4v) is 2.15. The molecule has 1 aromatic carbocycles. The Bertz CT molecular complexity index is 479. The number of carbonyl (C=O) groups excluding carboxylic acids is 1. The highest BCUT2D eigenvalue weighted by Gasteiger charge is 2.38. The zero-order chi connectivity index (χ0) is 14.0. The van der Waals surface area contributed by atoms with Gasteiger partial charge in [0.1, 0.15) is 0 Å². The summed E-state index contributed by atoms with van der Waals surface area (Å²) < 4.78 is 36.5. The highest BCUT2D eigenvalue weighted by molar-refractivity contribution is 5.95. The van der Waals surface area contributed by atoms with E-state index >= 15 is 0 Å². The highest BCUT2D eigenvalue weighted by atomic mass is 19.4. The van der Waals surface area contributed by atoms with Gasteiger partial charge >= 0.3 is 12.1 Å². The van der Waals surface area contributed by atoms with E-state index < -0.39 is 12.1 Å². The number of nitrogens with one attached hydrogen (secondary N) is 1. The van der Waals surface area contributed by atoms with Crippen molar-refractivity contribution >= 4 is 17.3 Å². The Kier molecular flexibility index (Phi) is 3.68. The van der Waals surface area contributed by atoms with Gasteiger partial charge in [-0.3, -0.25) is 4.79 Å². The molecule has 3 nitrogen and oxygen atoms in total. The number of anilines is 2. The largest absolute Gasteiger partial charge is 0.471 e. The summed E-state index contributed by atoms with van der Waals surface area (Å²) in [7, 11) is 0. The van der Waals surface area contributed by atoms with Crippen LogP contribution < -0.4 is 10.2 Å². The molecule has 1 fully saturated rings. The van der Waals surface area contributed by atoms with Gasteiger partial charge in [-0.1, -0.05) is 0 Å². The van der Waals surface area contributed by atoms with Crippen LogP contribution in [0.2, 0.25) is 0 Å². The zero-order valence-corrected chi connectivity index (χ0v) is 10.5. The number of alkyl halides is 3. The van der Waals surface area contributed by atoms with Gasteiger partial charge in [0.25, 0.3) is 0 Å². The zero-order valence-electron chi connectivity index (χ0n) is 10.5. The molecule has 1 N–H and O–H groups in total. The molecule has 0 aliphatic carbocycles. The molecule has 1 amide bonds. The Morgan fingerprint density at radius 1 is 1.26 bits per heavy atom. The smallest absolute Gasteiger partial charge is 0.372 e. The summed E-state index contributed by atoms with van der Waals surface area (Å²) in [5, 5.41) is 1.89. The summed E-state index contributed by atoms with van der Waals surface area (Å²) in [6.45, 7) is 3.62. The van der Waals surface area contributed by atoms with Gasteiger partial charge in [-0.15, -0.1) is 0 Å². The van der Waals surface area contributed by atoms with Crippen LogP contribution in [-0.4, -0.2) is 25.2 Å². The molecule has 0 unspecified atom stereocenters. The predicted molar refractivity (Wildman–Crippen MR) is 67.3 cm³/mol. The van der Waals surface area contributed by atoms with Crippen LogP contribution in [-0.2, 0) is 4.79 Å². The summed E-state index contributed by atoms with van der Waals surface area (Å²) in [6, 6.07) is 5.06. The van der Waals surface area contributed by atoms with Crippen molar-refractivity contribution in [2.24, 2.45) is 0 Å². The van der Waals surface area contributed by atoms with Crippen LogP contribution in [0, 0.1) is 6.92 Å². The van der Waals surface area contributed by atoms with Crippen molar-refractivity contribution in [3.8, 4) is 0 Å². The number of hydrogen-bond donors (Lipinski definition) is 1. The van der Waals surface area contributed by atoms with E-state index in [4.69, 9.17) is 0 Å². The minimum absolute atomic E-state index is 0.199. The van der Waals surface area contributed by atoms with Gasteiger partial charge in [-0.25, -0.2) is 0 Å². The molecule has 19 heavy (non-hydrogen) atoms. The van der Waals surface area contributed by atoms with Crippen LogP contribution in [0.3, 0.4) is 0 Å². The first-order valence-corrected chi connectivity index (χ1v) is 6.12. The number of hydrogen-bond acceptors (Lipinski definition) is 2. The van der Waals surface area contributed by atoms with Crippen LogP contribution in [0.25, 0.3) is 0 Å². The van der Waals surface area contributed by atoms with E-state index in [0.29, 0.717) is 5.56 Å². The van der Waals surface area contributed by atoms with Gasteiger partial charge in [-0.05, 0) is 43.5 Å². The molecular formula is C13H15F3N2O. The van der Waals surface area contributed by atoms with Crippen LogP contribution in [0.4, 0.5) is 24.5 Å². The Labute approximate surface area is 109 Å². The summed E-state index contributed by atoms with van der Waals surface area (Å²) in [5.74, 6) is -1.94. The lowest BCUT2D eigenvalue weighted by molar-refractivity contribution is -0.167. The number of aryl methyl sites for hydroxylation is 1. The van der Waals surface area contributed by atoms with Crippen molar-refractivity contribution in [3.05, 3.63) is 23.8 Å². The fourth-order valence-electron chi connectivity index (χ4n) is 2.15. The van der Waals surface area contributed by atoms with Crippen molar-refractivity contribution in [2.75, 3.05) is 23.3 Å². The third kappa shape index (κ3) is 3.19. The first-order chi connectivity index (χ1) is 8.88. The van der Waals surface area contributed by atoms with E-state index in [9.17, 15) is 18.0 Å². The normalized spacial score (nSPS) is 15.7. The molecule has 0 bridgehead atoms. The highest BCUT2D eigenvalue weighted by Crippen LogP contribution is 2.26. The van der Waals surface area contributed by atoms with Gasteiger partial charge in [0.15, 0.2) is 0 Å². The minimum atomic E-state index is -4.86. The second-order valence-corrected chi connectivity index (χ2v) is 4.65. The van der Waals surface area contributed by atoms with E-state index in [1.54, 1.807) is 19.1 Å². The van der Waals surface area contributed by atoms with Crippen molar-refractivity contribution < 1.29 is 18.0 Å². The average Bonchev–Trinajstić information content (AvgIpc) is 2.84. The maximum Gasteiger partial charge on any atom is 0.471 e. The van der Waals surface area contributed by atoms with Gasteiger partial charge in [-0.2, -0.15) is 13.2 Å². The number of carbonyl (C=O) groups is 1. The molecule has 0 saturated carbocycles. The van der Waals surface area contributed by atoms with Crippen LogP contribution in [0.5, 0.6) is 0 Å². The lowest BCUT2D eigenvalue weighted by Gasteiger charge is -2.19. The Balaban J connectivity index is 2.13. The molecule has 6 heteroatoms. The third-order valence-electron chi connectivity index (χ3n) is 3.19. The lowest BCUT2D eigenvalue weighted by atomic mass is 10.1. The SMILES string of the molecule is Cc1cc(N2CCCC2)ccc1NC(=O)C(F)(F)F. The Hall–Kier alpha value is -1.72. The molecule has 0 spiro atoms. The number of halogens is 3. The Morgan fingerprint density at radius 3 is 2.42 bits per heavy atom. The van der Waals surface area contributed by atoms with Gasteiger partial charge in [0.05, 0.1) is 0 Å². The first-order valence-electron chi connectivity index (χ1n) is 6.12. The standard InChI is InChI=1S/C13H15F3N2O/c1-9-8-10(18-6-2-3-7-18)4-5-11(9)17-12(19)13(14,15)16/h4-5,8H,2-3,6-7H2,1H3,(H,17,19). The van der Waals surface area contributed by atoms with E-state index in [0.717, 1.165) is 31.6 Å². The number of benzene rings is 1. The van der Waals surface area contributed by atoms with Gasteiger partial charge in [0.2, 0.25) is 0 Å². The van der Waals surface area contributed by atoms with E-state index in [-0.39, 0.29) is 5.69 Å². The molecule has 1 saturated heterocycles. The maximum atomic E-state index is 12.2. The van der Waals surface area contributed by atoms with Crippen molar-refractivity contribution in [1.82, 2.24) is 0 Å². The van der Waals surface area contributed by atoms with E-state index in [2.05, 4.69) is 4.90 Å². The summed E-state index contributed by atoms with van der Waals surface area (Å²) >= 11 is 0. The molecule has 2 rings (SSSR count). The van der Waals surface area contributed by atoms with E-state index in [1.807, 2.05) is 5.32 Å². The molecule has 0 radical (unpaired) electrons. The summed E-state index contributed by atoms with van der Waals surface area (Å²) in [5.41, 5.74) is 1.81.